The van der Waals surface area contributed by atoms with Crippen LogP contribution in [0.25, 0.3) is 28.1 Å². The smallest absolute Gasteiger partial charge is 0.0729 e. The topological polar surface area (TPSA) is 31.9 Å². The van der Waals surface area contributed by atoms with Crippen molar-refractivity contribution >= 4 is 17.2 Å². The molecule has 164 valence electrons. The molecule has 0 saturated carbocycles. The highest BCUT2D eigenvalue weighted by Gasteiger charge is 2.34. The summed E-state index contributed by atoms with van der Waals surface area (Å²) in [6, 6.07) is 25.6. The van der Waals surface area contributed by atoms with Gasteiger partial charge in [0.2, 0.25) is 0 Å². The van der Waals surface area contributed by atoms with Crippen molar-refractivity contribution in [3.63, 3.8) is 0 Å². The summed E-state index contributed by atoms with van der Waals surface area (Å²) in [5, 5.41) is 0.737. The number of hydrogen-bond acceptors (Lipinski definition) is 2. The first-order valence-corrected chi connectivity index (χ1v) is 12.0. The molecule has 4 heterocycles. The number of nitrogens with zero attached hydrogens (tertiary/aromatic N) is 2. The molecule has 1 N–H and O–H groups in total. The second-order valence-corrected chi connectivity index (χ2v) is 9.46. The lowest BCUT2D eigenvalue weighted by atomic mass is 9.91. The number of aromatic amines is 1. The molecule has 6 rings (SSSR count). The Morgan fingerprint density at radius 3 is 2.67 bits per heavy atom. The molecule has 0 bridgehead atoms. The molecule has 0 aliphatic carbocycles. The molecule has 2 aromatic carbocycles. The van der Waals surface area contributed by atoms with Crippen molar-refractivity contribution in [3.8, 4) is 22.5 Å². The maximum absolute atomic E-state index is 6.33. The van der Waals surface area contributed by atoms with Crippen LogP contribution in [0.1, 0.15) is 29.9 Å². The second kappa shape index (κ2) is 8.66. The van der Waals surface area contributed by atoms with Crippen LogP contribution in [0.3, 0.4) is 0 Å². The molecule has 0 radical (unpaired) electrons. The van der Waals surface area contributed by atoms with Crippen molar-refractivity contribution in [2.75, 3.05) is 13.1 Å². The van der Waals surface area contributed by atoms with E-state index in [1.807, 2.05) is 30.5 Å². The maximum atomic E-state index is 6.33. The van der Waals surface area contributed by atoms with Gasteiger partial charge in [0.15, 0.2) is 0 Å². The number of hydrogen-bond donors (Lipinski definition) is 1. The fourth-order valence-corrected chi connectivity index (χ4v) is 5.65. The van der Waals surface area contributed by atoms with Gasteiger partial charge in [0.25, 0.3) is 0 Å². The van der Waals surface area contributed by atoms with E-state index in [1.54, 1.807) is 0 Å². The number of H-pyrrole nitrogens is 1. The minimum atomic E-state index is 0.486. The SMILES string of the molecule is Clc1cccc(-c2[nH]cc(C3=CC4CC(c5ccccc5)CN4CC3)c2-c2ccccn2)c1. The van der Waals surface area contributed by atoms with E-state index in [2.05, 4.69) is 70.7 Å². The molecule has 2 aliphatic rings. The Bertz CT molecular complexity index is 1290. The third kappa shape index (κ3) is 3.92. The first-order chi connectivity index (χ1) is 16.3. The molecule has 3 nitrogen and oxygen atoms in total. The van der Waals surface area contributed by atoms with Crippen LogP contribution in [-0.2, 0) is 0 Å². The van der Waals surface area contributed by atoms with Gasteiger partial charge in [-0.15, -0.1) is 0 Å². The average Bonchev–Trinajstić information content (AvgIpc) is 3.49. The van der Waals surface area contributed by atoms with Crippen LogP contribution in [0.4, 0.5) is 0 Å². The highest BCUT2D eigenvalue weighted by molar-refractivity contribution is 6.30. The van der Waals surface area contributed by atoms with E-state index in [0.29, 0.717) is 12.0 Å². The summed E-state index contributed by atoms with van der Waals surface area (Å²) in [6.45, 7) is 2.24. The molecule has 0 amide bonds. The summed E-state index contributed by atoms with van der Waals surface area (Å²) in [7, 11) is 0. The zero-order valence-corrected chi connectivity index (χ0v) is 19.2. The lowest BCUT2D eigenvalue weighted by molar-refractivity contribution is 0.286. The van der Waals surface area contributed by atoms with Crippen molar-refractivity contribution in [2.45, 2.75) is 24.8 Å². The summed E-state index contributed by atoms with van der Waals surface area (Å²) in [4.78, 5) is 10.9. The van der Waals surface area contributed by atoms with Gasteiger partial charge in [-0.3, -0.25) is 9.88 Å². The Morgan fingerprint density at radius 1 is 0.970 bits per heavy atom. The lowest BCUT2D eigenvalue weighted by Crippen LogP contribution is -2.32. The van der Waals surface area contributed by atoms with E-state index >= 15 is 0 Å². The number of rotatable bonds is 4. The Kier molecular flexibility index (Phi) is 5.37. The summed E-state index contributed by atoms with van der Waals surface area (Å²) >= 11 is 6.33. The third-order valence-corrected chi connectivity index (χ3v) is 7.28. The number of benzene rings is 2. The van der Waals surface area contributed by atoms with Crippen LogP contribution in [0.5, 0.6) is 0 Å². The summed E-state index contributed by atoms with van der Waals surface area (Å²) in [6.07, 6.45) is 8.75. The maximum Gasteiger partial charge on any atom is 0.0729 e. The zero-order valence-electron chi connectivity index (χ0n) is 18.4. The first kappa shape index (κ1) is 20.5. The van der Waals surface area contributed by atoms with Gasteiger partial charge in [-0.2, -0.15) is 0 Å². The fourth-order valence-electron chi connectivity index (χ4n) is 5.46. The molecule has 0 spiro atoms. The van der Waals surface area contributed by atoms with Crippen LogP contribution >= 0.6 is 11.6 Å². The van der Waals surface area contributed by atoms with Crippen LogP contribution in [0, 0.1) is 0 Å². The van der Waals surface area contributed by atoms with Gasteiger partial charge < -0.3 is 4.98 Å². The van der Waals surface area contributed by atoms with Crippen molar-refractivity contribution in [3.05, 3.63) is 107 Å². The Balaban J connectivity index is 1.39. The largest absolute Gasteiger partial charge is 0.360 e. The minimum Gasteiger partial charge on any atom is -0.360 e. The van der Waals surface area contributed by atoms with E-state index < -0.39 is 0 Å². The number of nitrogens with one attached hydrogen (secondary N) is 1. The molecule has 4 aromatic rings. The number of fused-ring (bicyclic) bond motifs is 1. The summed E-state index contributed by atoms with van der Waals surface area (Å²) in [5.74, 6) is 0.607. The molecular formula is C29H26ClN3. The van der Waals surface area contributed by atoms with Crippen molar-refractivity contribution < 1.29 is 0 Å². The predicted molar refractivity (Wildman–Crippen MR) is 136 cm³/mol. The van der Waals surface area contributed by atoms with E-state index in [9.17, 15) is 0 Å². The standard InChI is InChI=1S/C29H26ClN3/c30-24-10-6-9-22(15-24)29-28(27-11-4-5-13-31-27)26(18-32-29)21-12-14-33-19-23(17-25(33)16-21)20-7-2-1-3-8-20/h1-11,13,15-16,18,23,25,32H,12,14,17,19H2. The first-order valence-electron chi connectivity index (χ1n) is 11.6. The molecule has 2 unspecified atom stereocenters. The van der Waals surface area contributed by atoms with Crippen LogP contribution < -0.4 is 0 Å². The Morgan fingerprint density at radius 2 is 1.85 bits per heavy atom. The van der Waals surface area contributed by atoms with Crippen LogP contribution in [0.15, 0.2) is 91.3 Å². The number of pyridine rings is 1. The summed E-state index contributed by atoms with van der Waals surface area (Å²) < 4.78 is 0. The third-order valence-electron chi connectivity index (χ3n) is 7.04. The molecule has 2 aromatic heterocycles. The molecular weight excluding hydrogens is 426 g/mol. The molecule has 33 heavy (non-hydrogen) atoms. The van der Waals surface area contributed by atoms with Crippen LogP contribution in [-0.4, -0.2) is 34.0 Å². The van der Waals surface area contributed by atoms with Crippen molar-refractivity contribution in [2.24, 2.45) is 0 Å². The monoisotopic (exact) mass is 451 g/mol. The Labute approximate surface area is 199 Å². The van der Waals surface area contributed by atoms with Gasteiger partial charge in [0.1, 0.15) is 0 Å². The van der Waals surface area contributed by atoms with Gasteiger partial charge in [-0.05, 0) is 54.2 Å². The summed E-state index contributed by atoms with van der Waals surface area (Å²) in [5.41, 5.74) is 8.43. The minimum absolute atomic E-state index is 0.486. The van der Waals surface area contributed by atoms with Crippen molar-refractivity contribution in [1.82, 2.24) is 14.9 Å². The lowest BCUT2D eigenvalue weighted by Gasteiger charge is -2.28. The second-order valence-electron chi connectivity index (χ2n) is 9.03. The normalized spacial score (nSPS) is 20.5. The molecule has 2 atom stereocenters. The van der Waals surface area contributed by atoms with Gasteiger partial charge in [-0.1, -0.05) is 66.2 Å². The van der Waals surface area contributed by atoms with Gasteiger partial charge in [-0.25, -0.2) is 0 Å². The quantitative estimate of drug-likeness (QED) is 0.360. The van der Waals surface area contributed by atoms with Crippen LogP contribution in [0.2, 0.25) is 5.02 Å². The number of halogens is 1. The highest BCUT2D eigenvalue weighted by Crippen LogP contribution is 2.42. The van der Waals surface area contributed by atoms with Gasteiger partial charge in [0, 0.05) is 53.2 Å². The molecule has 4 heteroatoms. The Hall–Kier alpha value is -3.14. The van der Waals surface area contributed by atoms with Crippen molar-refractivity contribution in [1.29, 1.82) is 0 Å². The van der Waals surface area contributed by atoms with E-state index in [4.69, 9.17) is 16.6 Å². The number of aromatic nitrogens is 2. The molecule has 2 aliphatic heterocycles. The van der Waals surface area contributed by atoms with E-state index in [-0.39, 0.29) is 0 Å². The average molecular weight is 452 g/mol. The fraction of sp³-hybridized carbons (Fsp3) is 0.207. The van der Waals surface area contributed by atoms with E-state index in [1.165, 1.54) is 23.1 Å². The van der Waals surface area contributed by atoms with Gasteiger partial charge >= 0.3 is 0 Å². The predicted octanol–water partition coefficient (Wildman–Crippen LogP) is 7.04. The highest BCUT2D eigenvalue weighted by atomic mass is 35.5. The molecule has 1 fully saturated rings. The molecule has 1 saturated heterocycles. The van der Waals surface area contributed by atoms with Gasteiger partial charge in [0.05, 0.1) is 11.4 Å². The van der Waals surface area contributed by atoms with E-state index in [0.717, 1.165) is 47.0 Å². The zero-order chi connectivity index (χ0) is 22.2.